The van der Waals surface area contributed by atoms with Crippen LogP contribution in [-0.2, 0) is 6.42 Å². The molecule has 0 heterocycles. The van der Waals surface area contributed by atoms with Crippen LogP contribution in [0.25, 0.3) is 0 Å². The van der Waals surface area contributed by atoms with E-state index in [1.165, 1.54) is 0 Å². The molecule has 0 saturated carbocycles. The monoisotopic (exact) mass is 196 g/mol. The van der Waals surface area contributed by atoms with Gasteiger partial charge in [0.25, 0.3) is 0 Å². The van der Waals surface area contributed by atoms with Gasteiger partial charge in [0.05, 0.1) is 6.42 Å². The van der Waals surface area contributed by atoms with Crippen molar-refractivity contribution in [2.24, 2.45) is 0 Å². The van der Waals surface area contributed by atoms with Gasteiger partial charge in [-0.2, -0.15) is 13.2 Å². The van der Waals surface area contributed by atoms with Crippen LogP contribution in [0, 0.1) is 11.6 Å². The molecule has 0 atom stereocenters. The van der Waals surface area contributed by atoms with E-state index in [4.69, 9.17) is 0 Å². The lowest BCUT2D eigenvalue weighted by Crippen LogP contribution is -2.12. The molecule has 0 unspecified atom stereocenters. The molecule has 0 spiro atoms. The summed E-state index contributed by atoms with van der Waals surface area (Å²) < 4.78 is 60.3. The second kappa shape index (κ2) is 3.32. The van der Waals surface area contributed by atoms with Gasteiger partial charge in [-0.25, -0.2) is 8.78 Å². The molecule has 0 aliphatic heterocycles. The Kier molecular flexibility index (Phi) is 2.54. The van der Waals surface area contributed by atoms with Gasteiger partial charge in [0.2, 0.25) is 0 Å². The molecule has 0 saturated heterocycles. The number of hydrogen-bond donors (Lipinski definition) is 0. The first-order chi connectivity index (χ1) is 5.88. The lowest BCUT2D eigenvalue weighted by atomic mass is 10.1. The second-order valence-corrected chi connectivity index (χ2v) is 2.53. The normalized spacial score (nSPS) is 11.8. The van der Waals surface area contributed by atoms with Crippen LogP contribution in [0.4, 0.5) is 22.0 Å². The van der Waals surface area contributed by atoms with E-state index in [0.29, 0.717) is 12.1 Å². The van der Waals surface area contributed by atoms with Gasteiger partial charge in [-0.15, -0.1) is 0 Å². The molecule has 0 aromatic heterocycles. The minimum Gasteiger partial charge on any atom is -0.207 e. The van der Waals surface area contributed by atoms with Gasteiger partial charge >= 0.3 is 6.18 Å². The predicted octanol–water partition coefficient (Wildman–Crippen LogP) is 3.07. The summed E-state index contributed by atoms with van der Waals surface area (Å²) in [7, 11) is 0. The summed E-state index contributed by atoms with van der Waals surface area (Å²) in [6.07, 6.45) is -5.97. The molecule has 13 heavy (non-hydrogen) atoms. The molecule has 0 radical (unpaired) electrons. The highest BCUT2D eigenvalue weighted by molar-refractivity contribution is 5.19. The van der Waals surface area contributed by atoms with E-state index < -0.39 is 29.8 Å². The first kappa shape index (κ1) is 9.95. The average Bonchev–Trinajstić information content (AvgIpc) is 1.94. The summed E-state index contributed by atoms with van der Waals surface area (Å²) in [6.45, 7) is 0. The van der Waals surface area contributed by atoms with E-state index in [1.807, 2.05) is 0 Å². The third-order valence-electron chi connectivity index (χ3n) is 1.40. The molecular weight excluding hydrogens is 191 g/mol. The van der Waals surface area contributed by atoms with Crippen molar-refractivity contribution in [3.05, 3.63) is 35.4 Å². The third-order valence-corrected chi connectivity index (χ3v) is 1.40. The molecule has 1 aromatic carbocycles. The highest BCUT2D eigenvalue weighted by Crippen LogP contribution is 2.23. The fourth-order valence-corrected chi connectivity index (χ4v) is 0.895. The van der Waals surface area contributed by atoms with Crippen molar-refractivity contribution < 1.29 is 22.0 Å². The van der Waals surface area contributed by atoms with Crippen molar-refractivity contribution in [1.29, 1.82) is 0 Å². The smallest absolute Gasteiger partial charge is 0.207 e. The van der Waals surface area contributed by atoms with Crippen LogP contribution in [0.1, 0.15) is 5.56 Å². The van der Waals surface area contributed by atoms with Crippen LogP contribution in [0.2, 0.25) is 0 Å². The first-order valence-corrected chi connectivity index (χ1v) is 3.39. The summed E-state index contributed by atoms with van der Waals surface area (Å²) in [5.41, 5.74) is -0.674. The Morgan fingerprint density at radius 3 is 2.23 bits per heavy atom. The van der Waals surface area contributed by atoms with Gasteiger partial charge in [-0.05, 0) is 23.8 Å². The molecule has 1 aromatic rings. The van der Waals surface area contributed by atoms with Gasteiger partial charge in [0.15, 0.2) is 0 Å². The van der Waals surface area contributed by atoms with Crippen LogP contribution >= 0.6 is 0 Å². The van der Waals surface area contributed by atoms with Crippen molar-refractivity contribution in [3.8, 4) is 0 Å². The summed E-state index contributed by atoms with van der Waals surface area (Å²) >= 11 is 0. The lowest BCUT2D eigenvalue weighted by molar-refractivity contribution is -0.127. The molecule has 5 heteroatoms. The molecule has 72 valence electrons. The number of benzene rings is 1. The van der Waals surface area contributed by atoms with Crippen LogP contribution in [0.15, 0.2) is 18.2 Å². The second-order valence-electron chi connectivity index (χ2n) is 2.53. The zero-order valence-corrected chi connectivity index (χ0v) is 6.33. The number of alkyl halides is 3. The first-order valence-electron chi connectivity index (χ1n) is 3.39. The van der Waals surface area contributed by atoms with Crippen molar-refractivity contribution >= 4 is 0 Å². The minimum atomic E-state index is -4.52. The molecule has 0 aliphatic carbocycles. The Bertz CT molecular complexity index is 302. The Hall–Kier alpha value is -1.13. The van der Waals surface area contributed by atoms with E-state index in [-0.39, 0.29) is 0 Å². The van der Waals surface area contributed by atoms with E-state index in [9.17, 15) is 22.0 Å². The zero-order chi connectivity index (χ0) is 10.1. The zero-order valence-electron chi connectivity index (χ0n) is 6.33. The molecular formula is C8H5F5. The maximum atomic E-state index is 12.6. The predicted molar refractivity (Wildman–Crippen MR) is 36.1 cm³/mol. The summed E-state index contributed by atoms with van der Waals surface area (Å²) in [6, 6.07) is 1.99. The van der Waals surface area contributed by atoms with Gasteiger partial charge in [0.1, 0.15) is 11.6 Å². The maximum Gasteiger partial charge on any atom is 0.393 e. The van der Waals surface area contributed by atoms with E-state index in [2.05, 4.69) is 0 Å². The highest BCUT2D eigenvalue weighted by atomic mass is 19.4. The minimum absolute atomic E-state index is 0.544. The molecule has 0 nitrogen and oxygen atoms in total. The topological polar surface area (TPSA) is 0 Å². The van der Waals surface area contributed by atoms with Crippen molar-refractivity contribution in [2.45, 2.75) is 12.6 Å². The largest absolute Gasteiger partial charge is 0.393 e. The van der Waals surface area contributed by atoms with Crippen molar-refractivity contribution in [2.75, 3.05) is 0 Å². The standard InChI is InChI=1S/C8H5F5/c9-6-1-2-7(10)5(3-6)4-8(11,12)13/h1-3H,4H2. The Morgan fingerprint density at radius 2 is 1.69 bits per heavy atom. The van der Waals surface area contributed by atoms with Crippen LogP contribution in [0.5, 0.6) is 0 Å². The molecule has 0 aliphatic rings. The quantitative estimate of drug-likeness (QED) is 0.605. The van der Waals surface area contributed by atoms with Crippen LogP contribution in [0.3, 0.4) is 0 Å². The van der Waals surface area contributed by atoms with Gasteiger partial charge < -0.3 is 0 Å². The van der Waals surface area contributed by atoms with E-state index in [0.717, 1.165) is 6.07 Å². The van der Waals surface area contributed by atoms with Gasteiger partial charge in [0, 0.05) is 0 Å². The fraction of sp³-hybridized carbons (Fsp3) is 0.250. The van der Waals surface area contributed by atoms with E-state index in [1.54, 1.807) is 0 Å². The summed E-state index contributed by atoms with van der Waals surface area (Å²) in [4.78, 5) is 0. The number of hydrogen-bond acceptors (Lipinski definition) is 0. The summed E-state index contributed by atoms with van der Waals surface area (Å²) in [5.74, 6) is -1.92. The number of rotatable bonds is 1. The van der Waals surface area contributed by atoms with Crippen LogP contribution in [-0.4, -0.2) is 6.18 Å². The molecule has 0 amide bonds. The Balaban J connectivity index is 2.94. The summed E-state index contributed by atoms with van der Waals surface area (Å²) in [5, 5.41) is 0. The fourth-order valence-electron chi connectivity index (χ4n) is 0.895. The average molecular weight is 196 g/mol. The lowest BCUT2D eigenvalue weighted by Gasteiger charge is -2.06. The molecule has 1 rings (SSSR count). The maximum absolute atomic E-state index is 12.6. The molecule has 0 N–H and O–H groups in total. The van der Waals surface area contributed by atoms with Crippen molar-refractivity contribution in [1.82, 2.24) is 0 Å². The van der Waals surface area contributed by atoms with Gasteiger partial charge in [-0.1, -0.05) is 0 Å². The van der Waals surface area contributed by atoms with Crippen LogP contribution < -0.4 is 0 Å². The SMILES string of the molecule is Fc1ccc(F)c(CC(F)(F)F)c1. The van der Waals surface area contributed by atoms with Crippen molar-refractivity contribution in [3.63, 3.8) is 0 Å². The Labute approximate surface area is 71.0 Å². The van der Waals surface area contributed by atoms with Gasteiger partial charge in [-0.3, -0.25) is 0 Å². The third kappa shape index (κ3) is 3.01. The number of halogens is 5. The van der Waals surface area contributed by atoms with E-state index >= 15 is 0 Å². The molecule has 0 bridgehead atoms. The Morgan fingerprint density at radius 1 is 1.08 bits per heavy atom. The molecule has 0 fully saturated rings. The highest BCUT2D eigenvalue weighted by Gasteiger charge is 2.29.